The van der Waals surface area contributed by atoms with Gasteiger partial charge < -0.3 is 14.4 Å². The average Bonchev–Trinajstić information content (AvgIpc) is 3.55. The molecule has 0 aliphatic carbocycles. The number of rotatable bonds is 7. The monoisotopic (exact) mass is 484 g/mol. The molecule has 0 bridgehead atoms. The second-order valence-electron chi connectivity index (χ2n) is 8.04. The number of fused-ring (bicyclic) bond motifs is 1. The van der Waals surface area contributed by atoms with E-state index in [1.807, 2.05) is 10.9 Å². The van der Waals surface area contributed by atoms with Crippen LogP contribution in [0.1, 0.15) is 34.5 Å². The van der Waals surface area contributed by atoms with Gasteiger partial charge in [0.05, 0.1) is 18.3 Å². The Morgan fingerprint density at radius 1 is 1.09 bits per heavy atom. The molecule has 1 fully saturated rings. The molecule has 3 heterocycles. The molecule has 2 aliphatic heterocycles. The minimum absolute atomic E-state index is 0.165. The van der Waals surface area contributed by atoms with Gasteiger partial charge in [-0.2, -0.15) is 0 Å². The molecule has 0 spiro atoms. The van der Waals surface area contributed by atoms with E-state index in [4.69, 9.17) is 32.7 Å². The predicted molar refractivity (Wildman–Crippen MR) is 126 cm³/mol. The maximum atomic E-state index is 12.7. The Labute approximate surface area is 201 Å². The lowest BCUT2D eigenvalue weighted by Gasteiger charge is -2.13. The van der Waals surface area contributed by atoms with E-state index in [1.54, 1.807) is 42.5 Å². The van der Waals surface area contributed by atoms with E-state index in [2.05, 4.69) is 15.2 Å². The van der Waals surface area contributed by atoms with Gasteiger partial charge in [-0.1, -0.05) is 34.5 Å². The third-order valence-corrected chi connectivity index (χ3v) is 6.39. The van der Waals surface area contributed by atoms with Crippen LogP contribution >= 0.6 is 23.2 Å². The normalized spacial score (nSPS) is 16.9. The number of halogens is 2. The summed E-state index contributed by atoms with van der Waals surface area (Å²) >= 11 is 12.4. The van der Waals surface area contributed by atoms with Gasteiger partial charge in [0.2, 0.25) is 5.78 Å². The van der Waals surface area contributed by atoms with E-state index in [9.17, 15) is 4.79 Å². The number of allylic oxidation sites excluding steroid dienone is 1. The Morgan fingerprint density at radius 3 is 2.67 bits per heavy atom. The lowest BCUT2D eigenvalue weighted by Crippen LogP contribution is -2.24. The number of Topliss-reactive ketones (excluding diaryl/α,β-unsaturated/α-hetero) is 1. The third-order valence-electron chi connectivity index (χ3n) is 5.73. The van der Waals surface area contributed by atoms with Crippen molar-refractivity contribution in [1.82, 2.24) is 19.9 Å². The second kappa shape index (κ2) is 9.55. The Bertz CT molecular complexity index is 1200. The smallest absolute Gasteiger partial charge is 0.231 e. The van der Waals surface area contributed by atoms with Gasteiger partial charge >= 0.3 is 0 Å². The Kier molecular flexibility index (Phi) is 6.35. The van der Waals surface area contributed by atoms with Crippen LogP contribution in [0.15, 0.2) is 48.4 Å². The highest BCUT2D eigenvalue weighted by atomic mass is 35.5. The predicted octanol–water partition coefficient (Wildman–Crippen LogP) is 4.88. The SMILES string of the molecule is O=C1/C(=C/c2c(Cl)cccc2Cl)Oc2cc(OCc3cn(CCN4CCCC4)nn3)ccc21. The van der Waals surface area contributed by atoms with Crippen LogP contribution in [0, 0.1) is 0 Å². The molecule has 5 rings (SSSR count). The summed E-state index contributed by atoms with van der Waals surface area (Å²) < 4.78 is 13.5. The van der Waals surface area contributed by atoms with Gasteiger partial charge in [-0.05, 0) is 56.3 Å². The largest absolute Gasteiger partial charge is 0.487 e. The van der Waals surface area contributed by atoms with Crippen molar-refractivity contribution in [3.63, 3.8) is 0 Å². The van der Waals surface area contributed by atoms with Crippen LogP contribution in [0.25, 0.3) is 6.08 Å². The first-order valence-corrected chi connectivity index (χ1v) is 11.6. The molecule has 0 amide bonds. The molecule has 7 nitrogen and oxygen atoms in total. The summed E-state index contributed by atoms with van der Waals surface area (Å²) in [4.78, 5) is 15.2. The Hall–Kier alpha value is -2.87. The van der Waals surface area contributed by atoms with Crippen molar-refractivity contribution in [1.29, 1.82) is 0 Å². The zero-order valence-electron chi connectivity index (χ0n) is 17.8. The van der Waals surface area contributed by atoms with Gasteiger partial charge in [0.15, 0.2) is 5.76 Å². The van der Waals surface area contributed by atoms with Crippen molar-refractivity contribution in [2.75, 3.05) is 19.6 Å². The van der Waals surface area contributed by atoms with Crippen LogP contribution in [0.5, 0.6) is 11.5 Å². The van der Waals surface area contributed by atoms with Crippen molar-refractivity contribution in [3.8, 4) is 11.5 Å². The summed E-state index contributed by atoms with van der Waals surface area (Å²) in [5, 5.41) is 9.26. The van der Waals surface area contributed by atoms with Crippen LogP contribution in [0.3, 0.4) is 0 Å². The number of nitrogens with zero attached hydrogens (tertiary/aromatic N) is 4. The number of hydrogen-bond donors (Lipinski definition) is 0. The third kappa shape index (κ3) is 4.90. The van der Waals surface area contributed by atoms with E-state index >= 15 is 0 Å². The molecule has 1 aromatic heterocycles. The molecule has 0 atom stereocenters. The quantitative estimate of drug-likeness (QED) is 0.445. The number of ketones is 1. The zero-order chi connectivity index (χ0) is 22.8. The van der Waals surface area contributed by atoms with Crippen molar-refractivity contribution >= 4 is 35.1 Å². The van der Waals surface area contributed by atoms with E-state index in [0.29, 0.717) is 32.7 Å². The maximum absolute atomic E-state index is 12.7. The molecule has 0 N–H and O–H groups in total. The van der Waals surface area contributed by atoms with E-state index < -0.39 is 0 Å². The molecule has 2 aromatic carbocycles. The lowest BCUT2D eigenvalue weighted by molar-refractivity contribution is 0.101. The van der Waals surface area contributed by atoms with Crippen molar-refractivity contribution < 1.29 is 14.3 Å². The molecule has 0 radical (unpaired) electrons. The van der Waals surface area contributed by atoms with E-state index in [0.717, 1.165) is 31.9 Å². The number of carbonyl (C=O) groups is 1. The molecular formula is C24H22Cl2N4O3. The summed E-state index contributed by atoms with van der Waals surface area (Å²) in [6.45, 7) is 4.39. The molecule has 9 heteroatoms. The van der Waals surface area contributed by atoms with Gasteiger partial charge in [-0.25, -0.2) is 0 Å². The maximum Gasteiger partial charge on any atom is 0.231 e. The minimum atomic E-state index is -0.228. The number of carbonyl (C=O) groups excluding carboxylic acids is 1. The first kappa shape index (κ1) is 21.9. The van der Waals surface area contributed by atoms with Crippen molar-refractivity contribution in [2.24, 2.45) is 0 Å². The molecule has 2 aliphatic rings. The standard InChI is InChI=1S/C24H22Cl2N4O3/c25-20-4-3-5-21(26)19(20)13-23-24(31)18-7-6-17(12-22(18)33-23)32-15-16-14-30(28-27-16)11-10-29-8-1-2-9-29/h3-7,12-14H,1-2,8-11,15H2/b23-13-. The summed E-state index contributed by atoms with van der Waals surface area (Å²) in [5.74, 6) is 0.943. The van der Waals surface area contributed by atoms with Gasteiger partial charge in [0.25, 0.3) is 0 Å². The first-order chi connectivity index (χ1) is 16.1. The number of benzene rings is 2. The fraction of sp³-hybridized carbons (Fsp3) is 0.292. The Balaban J connectivity index is 1.22. The number of hydrogen-bond acceptors (Lipinski definition) is 6. The van der Waals surface area contributed by atoms with Crippen LogP contribution < -0.4 is 9.47 Å². The molecular weight excluding hydrogens is 463 g/mol. The molecule has 3 aromatic rings. The first-order valence-electron chi connectivity index (χ1n) is 10.8. The van der Waals surface area contributed by atoms with Gasteiger partial charge in [0.1, 0.15) is 23.8 Å². The number of ether oxygens (including phenoxy) is 2. The van der Waals surface area contributed by atoms with Crippen LogP contribution in [-0.2, 0) is 13.2 Å². The summed E-state index contributed by atoms with van der Waals surface area (Å²) in [6.07, 6.45) is 6.01. The lowest BCUT2D eigenvalue weighted by atomic mass is 10.1. The Morgan fingerprint density at radius 2 is 1.88 bits per heavy atom. The molecule has 0 saturated carbocycles. The minimum Gasteiger partial charge on any atom is -0.487 e. The van der Waals surface area contributed by atoms with Crippen LogP contribution in [-0.4, -0.2) is 45.3 Å². The van der Waals surface area contributed by atoms with Gasteiger partial charge in [-0.15, -0.1) is 5.10 Å². The topological polar surface area (TPSA) is 69.5 Å². The van der Waals surface area contributed by atoms with Crippen LogP contribution in [0.4, 0.5) is 0 Å². The summed E-state index contributed by atoms with van der Waals surface area (Å²) in [7, 11) is 0. The highest BCUT2D eigenvalue weighted by molar-refractivity contribution is 6.37. The van der Waals surface area contributed by atoms with E-state index in [-0.39, 0.29) is 18.1 Å². The molecule has 1 saturated heterocycles. The summed E-state index contributed by atoms with van der Waals surface area (Å²) in [6, 6.07) is 10.3. The summed E-state index contributed by atoms with van der Waals surface area (Å²) in [5.41, 5.74) is 1.74. The fourth-order valence-corrected chi connectivity index (χ4v) is 4.46. The average molecular weight is 485 g/mol. The van der Waals surface area contributed by atoms with E-state index in [1.165, 1.54) is 12.8 Å². The van der Waals surface area contributed by atoms with Crippen LogP contribution in [0.2, 0.25) is 10.0 Å². The van der Waals surface area contributed by atoms with Gasteiger partial charge in [0, 0.05) is 28.2 Å². The second-order valence-corrected chi connectivity index (χ2v) is 8.86. The molecule has 0 unspecified atom stereocenters. The highest BCUT2D eigenvalue weighted by Gasteiger charge is 2.28. The highest BCUT2D eigenvalue weighted by Crippen LogP contribution is 2.36. The number of likely N-dealkylation sites (tertiary alicyclic amines) is 1. The molecule has 33 heavy (non-hydrogen) atoms. The van der Waals surface area contributed by atoms with Crippen molar-refractivity contribution in [2.45, 2.75) is 26.0 Å². The van der Waals surface area contributed by atoms with Gasteiger partial charge in [-0.3, -0.25) is 9.48 Å². The fourth-order valence-electron chi connectivity index (χ4n) is 3.96. The number of aromatic nitrogens is 3. The van der Waals surface area contributed by atoms with Crippen molar-refractivity contribution in [3.05, 3.63) is 75.2 Å². The zero-order valence-corrected chi connectivity index (χ0v) is 19.3. The molecule has 170 valence electrons.